The van der Waals surface area contributed by atoms with E-state index in [-0.39, 0.29) is 6.42 Å². The minimum absolute atomic E-state index is 0.119. The van der Waals surface area contributed by atoms with Crippen molar-refractivity contribution in [2.45, 2.75) is 25.3 Å². The van der Waals surface area contributed by atoms with Gasteiger partial charge in [-0.1, -0.05) is 6.07 Å². The molecule has 102 valence electrons. The second-order valence-electron chi connectivity index (χ2n) is 3.99. The molecule has 0 saturated carbocycles. The molecule has 1 rings (SSSR count). The second-order valence-corrected chi connectivity index (χ2v) is 3.99. The van der Waals surface area contributed by atoms with Crippen LogP contribution in [0.3, 0.4) is 0 Å². The number of aliphatic carboxylic acids is 1. The summed E-state index contributed by atoms with van der Waals surface area (Å²) < 4.78 is 0. The summed E-state index contributed by atoms with van der Waals surface area (Å²) in [6, 6.07) is 2.29. The summed E-state index contributed by atoms with van der Waals surface area (Å²) in [5.41, 5.74) is 5.78. The minimum Gasteiger partial charge on any atom is -0.480 e. The quantitative estimate of drug-likeness (QED) is 0.611. The number of nitrogens with one attached hydrogen (secondary N) is 1. The minimum atomic E-state index is -1.28. The van der Waals surface area contributed by atoms with Gasteiger partial charge in [-0.15, -0.1) is 0 Å². The Bertz CT molecular complexity index is 461. The van der Waals surface area contributed by atoms with Crippen LogP contribution in [0.15, 0.2) is 24.5 Å². The maximum absolute atomic E-state index is 11.6. The second kappa shape index (κ2) is 7.10. The number of amides is 2. The van der Waals surface area contributed by atoms with Crippen LogP contribution in [0, 0.1) is 0 Å². The largest absolute Gasteiger partial charge is 0.480 e. The molecule has 0 bridgehead atoms. The predicted molar refractivity (Wildman–Crippen MR) is 65.9 cm³/mol. The Labute approximate surface area is 109 Å². The Morgan fingerprint density at radius 3 is 2.68 bits per heavy atom. The molecular formula is C12H15N3O4. The van der Waals surface area contributed by atoms with Gasteiger partial charge in [-0.05, 0) is 18.1 Å². The monoisotopic (exact) mass is 265 g/mol. The van der Waals surface area contributed by atoms with Gasteiger partial charge in [0, 0.05) is 18.8 Å². The Morgan fingerprint density at radius 1 is 1.42 bits per heavy atom. The maximum Gasteiger partial charge on any atom is 0.326 e. The first-order chi connectivity index (χ1) is 8.99. The van der Waals surface area contributed by atoms with Crippen LogP contribution < -0.4 is 11.1 Å². The average Bonchev–Trinajstić information content (AvgIpc) is 2.36. The molecule has 0 spiro atoms. The van der Waals surface area contributed by atoms with Gasteiger partial charge in [0.15, 0.2) is 0 Å². The Morgan fingerprint density at radius 2 is 2.16 bits per heavy atom. The van der Waals surface area contributed by atoms with Crippen LogP contribution in [0.25, 0.3) is 0 Å². The average molecular weight is 265 g/mol. The van der Waals surface area contributed by atoms with Gasteiger partial charge >= 0.3 is 5.97 Å². The lowest BCUT2D eigenvalue weighted by Crippen LogP contribution is -2.43. The fraction of sp³-hybridized carbons (Fsp3) is 0.333. The number of pyridine rings is 1. The van der Waals surface area contributed by atoms with Crippen molar-refractivity contribution < 1.29 is 19.5 Å². The number of hydrogen-bond acceptors (Lipinski definition) is 4. The van der Waals surface area contributed by atoms with E-state index in [0.717, 1.165) is 5.56 Å². The number of carbonyl (C=O) groups excluding carboxylic acids is 2. The number of rotatable bonds is 7. The lowest BCUT2D eigenvalue weighted by atomic mass is 10.1. The molecule has 0 radical (unpaired) electrons. The summed E-state index contributed by atoms with van der Waals surface area (Å²) in [4.78, 5) is 37.0. The van der Waals surface area contributed by atoms with Crippen molar-refractivity contribution in [3.63, 3.8) is 0 Å². The first-order valence-electron chi connectivity index (χ1n) is 5.68. The summed E-state index contributed by atoms with van der Waals surface area (Å²) in [7, 11) is 0. The highest BCUT2D eigenvalue weighted by Gasteiger charge is 2.21. The third-order valence-corrected chi connectivity index (χ3v) is 2.40. The van der Waals surface area contributed by atoms with Crippen molar-refractivity contribution >= 4 is 17.8 Å². The van der Waals surface area contributed by atoms with E-state index in [1.807, 2.05) is 6.07 Å². The topological polar surface area (TPSA) is 122 Å². The Hall–Kier alpha value is -2.44. The van der Waals surface area contributed by atoms with Gasteiger partial charge in [0.05, 0.1) is 6.42 Å². The third kappa shape index (κ3) is 5.62. The van der Waals surface area contributed by atoms with Gasteiger partial charge in [0.2, 0.25) is 11.8 Å². The van der Waals surface area contributed by atoms with E-state index >= 15 is 0 Å². The van der Waals surface area contributed by atoms with Gasteiger partial charge in [0.25, 0.3) is 0 Å². The summed E-state index contributed by atoms with van der Waals surface area (Å²) in [5.74, 6) is -2.51. The van der Waals surface area contributed by atoms with E-state index in [1.165, 1.54) is 0 Å². The smallest absolute Gasteiger partial charge is 0.326 e. The van der Waals surface area contributed by atoms with Gasteiger partial charge in [-0.3, -0.25) is 14.6 Å². The zero-order chi connectivity index (χ0) is 14.3. The van der Waals surface area contributed by atoms with E-state index in [1.54, 1.807) is 18.5 Å². The van der Waals surface area contributed by atoms with Crippen molar-refractivity contribution in [3.8, 4) is 0 Å². The van der Waals surface area contributed by atoms with Crippen LogP contribution in [0.5, 0.6) is 0 Å². The number of aromatic nitrogens is 1. The molecule has 19 heavy (non-hydrogen) atoms. The summed E-state index contributed by atoms with van der Waals surface area (Å²) in [5, 5.41) is 11.1. The highest BCUT2D eigenvalue weighted by Crippen LogP contribution is 2.01. The van der Waals surface area contributed by atoms with Crippen molar-refractivity contribution in [2.24, 2.45) is 5.73 Å². The molecule has 0 fully saturated rings. The number of primary amides is 1. The number of carboxylic acids is 1. The van der Waals surface area contributed by atoms with Crippen molar-refractivity contribution in [1.82, 2.24) is 10.3 Å². The molecule has 1 atom stereocenters. The van der Waals surface area contributed by atoms with Crippen LogP contribution in [0.2, 0.25) is 0 Å². The van der Waals surface area contributed by atoms with E-state index in [4.69, 9.17) is 10.8 Å². The molecule has 1 aromatic heterocycles. The van der Waals surface area contributed by atoms with Gasteiger partial charge in [-0.2, -0.15) is 0 Å². The molecule has 1 aromatic rings. The lowest BCUT2D eigenvalue weighted by Gasteiger charge is -2.12. The summed E-state index contributed by atoms with van der Waals surface area (Å²) >= 11 is 0. The molecule has 7 heteroatoms. The zero-order valence-electron chi connectivity index (χ0n) is 10.2. The number of carbonyl (C=O) groups is 3. The molecule has 0 aliphatic carbocycles. The molecule has 0 unspecified atom stereocenters. The molecular weight excluding hydrogens is 250 g/mol. The number of hydrogen-bond donors (Lipinski definition) is 3. The van der Waals surface area contributed by atoms with Crippen molar-refractivity contribution in [2.75, 3.05) is 0 Å². The maximum atomic E-state index is 11.6. The van der Waals surface area contributed by atoms with E-state index < -0.39 is 30.2 Å². The summed E-state index contributed by atoms with van der Waals surface area (Å²) in [6.07, 6.45) is 3.40. The molecule has 4 N–H and O–H groups in total. The highest BCUT2D eigenvalue weighted by atomic mass is 16.4. The first-order valence-corrected chi connectivity index (χ1v) is 5.68. The van der Waals surface area contributed by atoms with Crippen LogP contribution in [-0.4, -0.2) is 33.9 Å². The summed E-state index contributed by atoms with van der Waals surface area (Å²) in [6.45, 7) is 0. The zero-order valence-corrected chi connectivity index (χ0v) is 10.2. The fourth-order valence-electron chi connectivity index (χ4n) is 1.47. The van der Waals surface area contributed by atoms with Crippen LogP contribution in [0.1, 0.15) is 18.4 Å². The van der Waals surface area contributed by atoms with Crippen LogP contribution in [0.4, 0.5) is 0 Å². The van der Waals surface area contributed by atoms with Crippen LogP contribution >= 0.6 is 0 Å². The standard InChI is InChI=1S/C12H15N3O4/c13-10(16)6-9(12(18)19)15-11(17)4-3-8-2-1-5-14-7-8/h1-2,5,7,9H,3-4,6H2,(H2,13,16)(H,15,17)(H,18,19)/t9-/m1/s1. The van der Waals surface area contributed by atoms with E-state index in [0.29, 0.717) is 6.42 Å². The first kappa shape index (κ1) is 14.6. The SMILES string of the molecule is NC(=O)C[C@@H](NC(=O)CCc1cccnc1)C(=O)O. The van der Waals surface area contributed by atoms with E-state index in [9.17, 15) is 14.4 Å². The molecule has 0 aliphatic rings. The predicted octanol–water partition coefficient (Wildman–Crippen LogP) is -0.541. The van der Waals surface area contributed by atoms with Gasteiger partial charge < -0.3 is 16.2 Å². The highest BCUT2D eigenvalue weighted by molar-refractivity contribution is 5.88. The Kier molecular flexibility index (Phi) is 5.46. The number of nitrogens with zero attached hydrogens (tertiary/aromatic N) is 1. The van der Waals surface area contributed by atoms with Crippen molar-refractivity contribution in [1.29, 1.82) is 0 Å². The normalized spacial score (nSPS) is 11.6. The molecule has 1 heterocycles. The van der Waals surface area contributed by atoms with Gasteiger partial charge in [-0.25, -0.2) is 4.79 Å². The number of nitrogens with two attached hydrogens (primary N) is 1. The molecule has 0 aromatic carbocycles. The fourth-order valence-corrected chi connectivity index (χ4v) is 1.47. The molecule has 0 aliphatic heterocycles. The molecule has 0 saturated heterocycles. The molecule has 2 amide bonds. The number of aryl methyl sites for hydroxylation is 1. The number of carboxylic acid groups (broad SMARTS) is 1. The van der Waals surface area contributed by atoms with Crippen LogP contribution in [-0.2, 0) is 20.8 Å². The van der Waals surface area contributed by atoms with E-state index in [2.05, 4.69) is 10.3 Å². The Balaban J connectivity index is 2.45. The molecule has 7 nitrogen and oxygen atoms in total. The lowest BCUT2D eigenvalue weighted by molar-refractivity contribution is -0.143. The van der Waals surface area contributed by atoms with Crippen molar-refractivity contribution in [3.05, 3.63) is 30.1 Å². The third-order valence-electron chi connectivity index (χ3n) is 2.40. The van der Waals surface area contributed by atoms with Gasteiger partial charge in [0.1, 0.15) is 6.04 Å².